The molecule has 14 nitrogen and oxygen atoms in total. The lowest BCUT2D eigenvalue weighted by atomic mass is 10.00. The number of likely N-dealkylation sites (tertiary alicyclic amines) is 1. The molecule has 2 aromatic rings. The molecular weight excluding hydrogens is 727 g/mol. The summed E-state index contributed by atoms with van der Waals surface area (Å²) >= 11 is 0. The summed E-state index contributed by atoms with van der Waals surface area (Å²) in [6.45, 7) is 6.35. The number of anilines is 1. The van der Waals surface area contributed by atoms with Gasteiger partial charge in [-0.15, -0.1) is 0 Å². The number of nitrogens with zero attached hydrogens (tertiary/aromatic N) is 4. The Kier molecular flexibility index (Phi) is 35.2. The van der Waals surface area contributed by atoms with E-state index in [2.05, 4.69) is 36.9 Å². The zero-order valence-corrected chi connectivity index (χ0v) is 35.5. The maximum Gasteiger partial charge on any atom is 0.303 e. The molecule has 1 amide bonds. The number of carboxylic acid groups (broad SMARTS) is 1. The molecule has 1 fully saturated rings. The van der Waals surface area contributed by atoms with Crippen LogP contribution in [0.5, 0.6) is 0 Å². The highest BCUT2D eigenvalue weighted by molar-refractivity contribution is 5.75. The molecule has 324 valence electrons. The van der Waals surface area contributed by atoms with Crippen LogP contribution in [-0.4, -0.2) is 113 Å². The number of aliphatic hydroxyl groups is 2. The summed E-state index contributed by atoms with van der Waals surface area (Å²) in [5, 5.41) is 34.0. The van der Waals surface area contributed by atoms with Crippen molar-refractivity contribution in [2.45, 2.75) is 148 Å². The second kappa shape index (κ2) is 37.7. The second-order valence-corrected chi connectivity index (χ2v) is 14.3. The highest BCUT2D eigenvalue weighted by atomic mass is 16.4. The Morgan fingerprint density at radius 2 is 1.53 bits per heavy atom. The van der Waals surface area contributed by atoms with Gasteiger partial charge in [0, 0.05) is 83.6 Å². The van der Waals surface area contributed by atoms with Crippen LogP contribution < -0.4 is 16.0 Å². The molecule has 14 heteroatoms. The van der Waals surface area contributed by atoms with Crippen molar-refractivity contribution in [1.29, 1.82) is 0 Å². The standard InChI is InChI=1S/C19H31N3O2.C13H23NO3.C5H6N2.C5H11NO.CH4O/c1-20-14-16-13-15-9-8-12-21-19(15)22-17(16)10-6-4-2-3-5-7-11-18(23)24;15-11-7-3-1-2-5-9-13(17)14-10-6-4-8-12-16;1-5-6-3-2-4-7-5;1-6-3-2-5(7)4-6;1-2/h13,20H,2-12,14H2,1H3,(H,21,22)(H,23,24);11-12H,1-10H2,(H,14,17);2-4H,1H3;5,7H,2-4H2,1H3;2H,1H3. The fraction of sp³-hybridized carbons (Fsp3) is 0.698. The number of pyridine rings is 1. The number of carbonyl (C=O) groups excluding carboxylic acids is 3. The predicted molar refractivity (Wildman–Crippen MR) is 227 cm³/mol. The Labute approximate surface area is 342 Å². The van der Waals surface area contributed by atoms with Gasteiger partial charge >= 0.3 is 5.97 Å². The first-order valence-electron chi connectivity index (χ1n) is 21.0. The van der Waals surface area contributed by atoms with E-state index in [0.717, 1.165) is 141 Å². The van der Waals surface area contributed by atoms with Crippen molar-refractivity contribution in [3.8, 4) is 0 Å². The van der Waals surface area contributed by atoms with Gasteiger partial charge in [-0.3, -0.25) is 9.59 Å². The third-order valence-corrected chi connectivity index (χ3v) is 9.21. The number of amides is 1. The summed E-state index contributed by atoms with van der Waals surface area (Å²) < 4.78 is 0. The van der Waals surface area contributed by atoms with Gasteiger partial charge in [-0.1, -0.05) is 38.5 Å². The molecule has 6 N–H and O–H groups in total. The number of β-amino-alcohol motifs (C(OH)–C–C–N with tert-alkyl or cyclic N) is 1. The number of aryl methyl sites for hydroxylation is 3. The second-order valence-electron chi connectivity index (χ2n) is 14.3. The number of fused-ring (bicyclic) bond motifs is 1. The molecule has 2 aliphatic rings. The average Bonchev–Trinajstić information content (AvgIpc) is 3.60. The van der Waals surface area contributed by atoms with Gasteiger partial charge in [0.05, 0.1) is 6.10 Å². The number of unbranched alkanes of at least 4 members (excludes halogenated alkanes) is 11. The van der Waals surface area contributed by atoms with Crippen LogP contribution in [-0.2, 0) is 38.6 Å². The summed E-state index contributed by atoms with van der Waals surface area (Å²) in [4.78, 5) is 56.6. The number of aldehydes is 2. The van der Waals surface area contributed by atoms with Crippen LogP contribution in [0.25, 0.3) is 0 Å². The van der Waals surface area contributed by atoms with E-state index in [9.17, 15) is 19.2 Å². The van der Waals surface area contributed by atoms with Crippen LogP contribution in [0, 0.1) is 6.92 Å². The molecule has 2 aliphatic heterocycles. The number of aliphatic carboxylic acids is 1. The van der Waals surface area contributed by atoms with Gasteiger partial charge in [-0.25, -0.2) is 15.0 Å². The SMILES string of the molecule is CN1CCC(O)C1.CNCc1cc2c(nc1CCCCCCCCC(=O)O)NCCC2.CO.Cc1ncccn1.O=CCCCCCCC(=O)NCCCCC=O. The number of nitrogens with one attached hydrogen (secondary N) is 3. The van der Waals surface area contributed by atoms with Crippen LogP contribution in [0.1, 0.15) is 138 Å². The molecule has 1 unspecified atom stereocenters. The number of aromatic nitrogens is 3. The first-order valence-corrected chi connectivity index (χ1v) is 21.0. The molecule has 1 saturated heterocycles. The smallest absolute Gasteiger partial charge is 0.303 e. The molecule has 1 atom stereocenters. The summed E-state index contributed by atoms with van der Waals surface area (Å²) in [6, 6.07) is 4.12. The van der Waals surface area contributed by atoms with Gasteiger partial charge in [0.15, 0.2) is 0 Å². The molecule has 57 heavy (non-hydrogen) atoms. The van der Waals surface area contributed by atoms with Crippen LogP contribution in [0.2, 0.25) is 0 Å². The maximum absolute atomic E-state index is 11.3. The van der Waals surface area contributed by atoms with Gasteiger partial charge in [-0.05, 0) is 108 Å². The van der Waals surface area contributed by atoms with E-state index < -0.39 is 5.97 Å². The lowest BCUT2D eigenvalue weighted by Crippen LogP contribution is -2.23. The highest BCUT2D eigenvalue weighted by Gasteiger charge is 2.15. The lowest BCUT2D eigenvalue weighted by Gasteiger charge is -2.20. The van der Waals surface area contributed by atoms with Crippen LogP contribution in [0.4, 0.5) is 5.82 Å². The van der Waals surface area contributed by atoms with E-state index in [1.165, 1.54) is 36.1 Å². The first-order chi connectivity index (χ1) is 27.7. The van der Waals surface area contributed by atoms with Gasteiger partial charge in [0.2, 0.25) is 5.91 Å². The number of hydrogen-bond acceptors (Lipinski definition) is 12. The minimum atomic E-state index is -0.681. The fourth-order valence-corrected chi connectivity index (χ4v) is 6.13. The summed E-state index contributed by atoms with van der Waals surface area (Å²) in [5.74, 6) is 1.32. The normalized spacial score (nSPS) is 14.0. The zero-order chi connectivity index (χ0) is 42.4. The van der Waals surface area contributed by atoms with Crippen molar-refractivity contribution in [1.82, 2.24) is 30.5 Å². The van der Waals surface area contributed by atoms with Gasteiger partial charge in [0.1, 0.15) is 24.2 Å². The van der Waals surface area contributed by atoms with Crippen molar-refractivity contribution in [3.63, 3.8) is 0 Å². The Morgan fingerprint density at radius 3 is 2.07 bits per heavy atom. The topological polar surface area (TPSA) is 207 Å². The van der Waals surface area contributed by atoms with E-state index in [0.29, 0.717) is 32.2 Å². The third kappa shape index (κ3) is 30.9. The molecule has 4 rings (SSSR count). The van der Waals surface area contributed by atoms with Crippen molar-refractivity contribution in [2.75, 3.05) is 52.7 Å². The minimum Gasteiger partial charge on any atom is -0.481 e. The van der Waals surface area contributed by atoms with Crippen molar-refractivity contribution < 1.29 is 34.5 Å². The minimum absolute atomic E-state index is 0.0509. The van der Waals surface area contributed by atoms with E-state index in [4.69, 9.17) is 20.3 Å². The quantitative estimate of drug-likeness (QED) is 0.0598. The lowest BCUT2D eigenvalue weighted by molar-refractivity contribution is -0.137. The summed E-state index contributed by atoms with van der Waals surface area (Å²) in [6.07, 6.45) is 23.7. The van der Waals surface area contributed by atoms with Gasteiger partial charge < -0.3 is 45.8 Å². The molecule has 0 aromatic carbocycles. The molecule has 0 radical (unpaired) electrons. The fourth-order valence-electron chi connectivity index (χ4n) is 6.13. The van der Waals surface area contributed by atoms with Crippen molar-refractivity contribution in [3.05, 3.63) is 47.2 Å². The monoisotopic (exact) mass is 802 g/mol. The molecule has 4 heterocycles. The summed E-state index contributed by atoms with van der Waals surface area (Å²) in [5.41, 5.74) is 3.92. The zero-order valence-electron chi connectivity index (χ0n) is 35.5. The van der Waals surface area contributed by atoms with Gasteiger partial charge in [-0.2, -0.15) is 0 Å². The average molecular weight is 802 g/mol. The number of carboxylic acids is 1. The van der Waals surface area contributed by atoms with Crippen molar-refractivity contribution >= 4 is 30.3 Å². The molecule has 0 saturated carbocycles. The van der Waals surface area contributed by atoms with Gasteiger partial charge in [0.25, 0.3) is 0 Å². The Hall–Kier alpha value is -3.85. The highest BCUT2D eigenvalue weighted by Crippen LogP contribution is 2.24. The third-order valence-electron chi connectivity index (χ3n) is 9.21. The van der Waals surface area contributed by atoms with E-state index in [1.807, 2.05) is 21.0 Å². The maximum atomic E-state index is 11.3. The molecule has 0 bridgehead atoms. The van der Waals surface area contributed by atoms with E-state index >= 15 is 0 Å². The summed E-state index contributed by atoms with van der Waals surface area (Å²) in [7, 11) is 5.01. The predicted octanol–water partition coefficient (Wildman–Crippen LogP) is 5.60. The number of aliphatic hydroxyl groups excluding tert-OH is 2. The Bertz CT molecular complexity index is 1300. The molecular formula is C43H75N7O7. The van der Waals surface area contributed by atoms with E-state index in [-0.39, 0.29) is 12.0 Å². The van der Waals surface area contributed by atoms with Crippen LogP contribution >= 0.6 is 0 Å². The van der Waals surface area contributed by atoms with E-state index in [1.54, 1.807) is 18.5 Å². The Balaban J connectivity index is 0.000000815. The Morgan fingerprint density at radius 1 is 0.912 bits per heavy atom. The van der Waals surface area contributed by atoms with Crippen LogP contribution in [0.3, 0.4) is 0 Å². The number of rotatable bonds is 23. The first kappa shape index (κ1) is 53.1. The van der Waals surface area contributed by atoms with Crippen LogP contribution in [0.15, 0.2) is 24.5 Å². The number of likely N-dealkylation sites (N-methyl/N-ethyl adjacent to an activating group) is 1. The molecule has 0 aliphatic carbocycles. The number of carbonyl (C=O) groups is 4. The molecule has 2 aromatic heterocycles. The number of hydrogen-bond donors (Lipinski definition) is 6. The molecule has 0 spiro atoms. The van der Waals surface area contributed by atoms with Crippen molar-refractivity contribution in [2.24, 2.45) is 0 Å². The largest absolute Gasteiger partial charge is 0.481 e.